The lowest BCUT2D eigenvalue weighted by Gasteiger charge is -2.15. The molecule has 7 heteroatoms. The van der Waals surface area contributed by atoms with Crippen molar-refractivity contribution < 1.29 is 8.42 Å². The van der Waals surface area contributed by atoms with Crippen LogP contribution in [0.15, 0.2) is 53.7 Å². The fourth-order valence-electron chi connectivity index (χ4n) is 2.11. The van der Waals surface area contributed by atoms with Crippen molar-refractivity contribution in [2.45, 2.75) is 24.8 Å². The molecule has 0 aliphatic carbocycles. The molecule has 1 aromatic carbocycles. The zero-order valence-electron chi connectivity index (χ0n) is 13.2. The molecule has 0 unspecified atom stereocenters. The maximum Gasteiger partial charge on any atom is 0.240 e. The van der Waals surface area contributed by atoms with Crippen molar-refractivity contribution in [1.82, 2.24) is 15.0 Å². The molecular weight excluding hydrogens is 334 g/mol. The molecule has 0 aliphatic rings. The standard InChI is InChI=1S/C16H21N3O2S.ClH/c1-12(2)9-18-10-13(3)19-22(20,21)16-5-4-15-11-17-7-6-14(15)8-16;/h4-8,11,13,18-19H,1,9-10H2,2-3H3;1H/t13-;/m1./s1. The average molecular weight is 356 g/mol. The second-order valence-electron chi connectivity index (χ2n) is 5.49. The number of nitrogens with zero attached hydrogens (tertiary/aromatic N) is 1. The third-order valence-corrected chi connectivity index (χ3v) is 4.74. The second kappa shape index (κ2) is 8.40. The lowest BCUT2D eigenvalue weighted by atomic mass is 10.2. The molecule has 0 fully saturated rings. The molecule has 0 amide bonds. The van der Waals surface area contributed by atoms with Crippen LogP contribution in [0.5, 0.6) is 0 Å². The Morgan fingerprint density at radius 1 is 1.30 bits per heavy atom. The van der Waals surface area contributed by atoms with Crippen molar-refractivity contribution in [2.75, 3.05) is 13.1 Å². The Labute approximate surface area is 143 Å². The summed E-state index contributed by atoms with van der Waals surface area (Å²) in [6, 6.07) is 6.61. The number of pyridine rings is 1. The van der Waals surface area contributed by atoms with E-state index in [9.17, 15) is 8.42 Å². The van der Waals surface area contributed by atoms with E-state index in [0.29, 0.717) is 13.1 Å². The predicted molar refractivity (Wildman–Crippen MR) is 96.5 cm³/mol. The predicted octanol–water partition coefficient (Wildman–Crippen LogP) is 2.49. The van der Waals surface area contributed by atoms with Crippen LogP contribution in [-0.2, 0) is 10.0 Å². The summed E-state index contributed by atoms with van der Waals surface area (Å²) < 4.78 is 27.5. The minimum atomic E-state index is -3.53. The topological polar surface area (TPSA) is 71.1 Å². The van der Waals surface area contributed by atoms with Crippen LogP contribution in [0.1, 0.15) is 13.8 Å². The molecule has 2 N–H and O–H groups in total. The lowest BCUT2D eigenvalue weighted by molar-refractivity contribution is 0.544. The first-order chi connectivity index (χ1) is 10.4. The largest absolute Gasteiger partial charge is 0.311 e. The Bertz CT molecular complexity index is 778. The van der Waals surface area contributed by atoms with Gasteiger partial charge in [-0.2, -0.15) is 0 Å². The molecule has 1 atom stereocenters. The van der Waals surface area contributed by atoms with Gasteiger partial charge in [0, 0.05) is 36.9 Å². The van der Waals surface area contributed by atoms with Crippen molar-refractivity contribution in [3.8, 4) is 0 Å². The zero-order chi connectivity index (χ0) is 16.2. The molecule has 0 aliphatic heterocycles. The number of sulfonamides is 1. The van der Waals surface area contributed by atoms with E-state index >= 15 is 0 Å². The van der Waals surface area contributed by atoms with Gasteiger partial charge in [-0.1, -0.05) is 18.2 Å². The summed E-state index contributed by atoms with van der Waals surface area (Å²) in [6.07, 6.45) is 3.36. The quantitative estimate of drug-likeness (QED) is 0.748. The van der Waals surface area contributed by atoms with Crippen LogP contribution < -0.4 is 10.0 Å². The van der Waals surface area contributed by atoms with Crippen LogP contribution in [0, 0.1) is 0 Å². The Balaban J connectivity index is 0.00000264. The molecule has 2 aromatic rings. The molecule has 5 nitrogen and oxygen atoms in total. The van der Waals surface area contributed by atoms with E-state index in [2.05, 4.69) is 21.6 Å². The van der Waals surface area contributed by atoms with Gasteiger partial charge in [-0.15, -0.1) is 12.4 Å². The van der Waals surface area contributed by atoms with Gasteiger partial charge < -0.3 is 5.32 Å². The minimum absolute atomic E-state index is 0. The molecular formula is C16H22ClN3O2S. The van der Waals surface area contributed by atoms with Crippen LogP contribution in [-0.4, -0.2) is 32.5 Å². The number of hydrogen-bond donors (Lipinski definition) is 2. The first-order valence-corrected chi connectivity index (χ1v) is 8.58. The van der Waals surface area contributed by atoms with Crippen molar-refractivity contribution in [2.24, 2.45) is 0 Å². The summed E-state index contributed by atoms with van der Waals surface area (Å²) >= 11 is 0. The number of nitrogens with one attached hydrogen (secondary N) is 2. The molecule has 126 valence electrons. The summed E-state index contributed by atoms with van der Waals surface area (Å²) in [4.78, 5) is 4.28. The van der Waals surface area contributed by atoms with E-state index in [1.54, 1.807) is 36.7 Å². The maximum atomic E-state index is 12.4. The van der Waals surface area contributed by atoms with E-state index in [1.807, 2.05) is 13.8 Å². The summed E-state index contributed by atoms with van der Waals surface area (Å²) in [7, 11) is -3.53. The molecule has 23 heavy (non-hydrogen) atoms. The number of aromatic nitrogens is 1. The first-order valence-electron chi connectivity index (χ1n) is 7.10. The van der Waals surface area contributed by atoms with Gasteiger partial charge in [0.25, 0.3) is 0 Å². The molecule has 0 radical (unpaired) electrons. The Hall–Kier alpha value is -1.47. The second-order valence-corrected chi connectivity index (χ2v) is 7.21. The fraction of sp³-hybridized carbons (Fsp3) is 0.312. The van der Waals surface area contributed by atoms with Crippen molar-refractivity contribution in [1.29, 1.82) is 0 Å². The van der Waals surface area contributed by atoms with Crippen LogP contribution in [0.4, 0.5) is 0 Å². The Morgan fingerprint density at radius 2 is 2.04 bits per heavy atom. The number of hydrogen-bond acceptors (Lipinski definition) is 4. The maximum absolute atomic E-state index is 12.4. The lowest BCUT2D eigenvalue weighted by Crippen LogP contribution is -2.40. The van der Waals surface area contributed by atoms with E-state index < -0.39 is 10.0 Å². The van der Waals surface area contributed by atoms with Crippen molar-refractivity contribution in [3.05, 3.63) is 48.8 Å². The van der Waals surface area contributed by atoms with Gasteiger partial charge in [-0.05, 0) is 37.4 Å². The third kappa shape index (κ3) is 5.58. The highest BCUT2D eigenvalue weighted by molar-refractivity contribution is 7.89. The van der Waals surface area contributed by atoms with Crippen molar-refractivity contribution >= 4 is 33.2 Å². The highest BCUT2D eigenvalue weighted by atomic mass is 35.5. The SMILES string of the molecule is C=C(C)CNC[C@@H](C)NS(=O)(=O)c1ccc2cnccc2c1.Cl. The molecule has 0 saturated carbocycles. The summed E-state index contributed by atoms with van der Waals surface area (Å²) in [5, 5.41) is 4.92. The van der Waals surface area contributed by atoms with Crippen LogP contribution in [0.2, 0.25) is 0 Å². The Morgan fingerprint density at radius 3 is 2.74 bits per heavy atom. The molecule has 2 rings (SSSR count). The van der Waals surface area contributed by atoms with Gasteiger partial charge in [-0.3, -0.25) is 4.98 Å². The number of benzene rings is 1. The third-order valence-electron chi connectivity index (χ3n) is 3.16. The summed E-state index contributed by atoms with van der Waals surface area (Å²) in [6.45, 7) is 8.77. The summed E-state index contributed by atoms with van der Waals surface area (Å²) in [5.74, 6) is 0. The highest BCUT2D eigenvalue weighted by Gasteiger charge is 2.17. The van der Waals surface area contributed by atoms with Crippen molar-refractivity contribution in [3.63, 3.8) is 0 Å². The van der Waals surface area contributed by atoms with Crippen LogP contribution in [0.3, 0.4) is 0 Å². The van der Waals surface area contributed by atoms with Crippen LogP contribution in [0.25, 0.3) is 10.8 Å². The van der Waals surface area contributed by atoms with E-state index in [4.69, 9.17) is 0 Å². The van der Waals surface area contributed by atoms with Gasteiger partial charge in [0.05, 0.1) is 4.90 Å². The highest BCUT2D eigenvalue weighted by Crippen LogP contribution is 2.18. The normalized spacial score (nSPS) is 12.6. The molecule has 0 bridgehead atoms. The first kappa shape index (κ1) is 19.6. The summed E-state index contributed by atoms with van der Waals surface area (Å²) in [5.41, 5.74) is 1.01. The number of halogens is 1. The fourth-order valence-corrected chi connectivity index (χ4v) is 3.38. The number of rotatable bonds is 7. The zero-order valence-corrected chi connectivity index (χ0v) is 14.9. The van der Waals surface area contributed by atoms with Gasteiger partial charge in [0.1, 0.15) is 0 Å². The smallest absolute Gasteiger partial charge is 0.240 e. The van der Waals surface area contributed by atoms with E-state index in [1.165, 1.54) is 0 Å². The van der Waals surface area contributed by atoms with Gasteiger partial charge in [-0.25, -0.2) is 13.1 Å². The van der Waals surface area contributed by atoms with E-state index in [-0.39, 0.29) is 23.3 Å². The average Bonchev–Trinajstić information content (AvgIpc) is 2.45. The Kier molecular flexibility index (Phi) is 7.15. The monoisotopic (exact) mass is 355 g/mol. The van der Waals surface area contributed by atoms with E-state index in [0.717, 1.165) is 16.3 Å². The minimum Gasteiger partial charge on any atom is -0.311 e. The molecule has 0 saturated heterocycles. The number of fused-ring (bicyclic) bond motifs is 1. The van der Waals surface area contributed by atoms with Gasteiger partial charge >= 0.3 is 0 Å². The molecule has 1 aromatic heterocycles. The van der Waals surface area contributed by atoms with Gasteiger partial charge in [0.15, 0.2) is 0 Å². The van der Waals surface area contributed by atoms with Crippen LogP contribution >= 0.6 is 12.4 Å². The van der Waals surface area contributed by atoms with Gasteiger partial charge in [0.2, 0.25) is 10.0 Å². The molecule has 0 spiro atoms. The molecule has 1 heterocycles.